The highest BCUT2D eigenvalue weighted by Gasteiger charge is 2.45. The second kappa shape index (κ2) is 8.61. The monoisotopic (exact) mass is 481 g/mol. The van der Waals surface area contributed by atoms with Crippen LogP contribution >= 0.6 is 22.9 Å². The van der Waals surface area contributed by atoms with Crippen LogP contribution in [-0.4, -0.2) is 22.7 Å². The van der Waals surface area contributed by atoms with Gasteiger partial charge in [0.2, 0.25) is 10.9 Å². The van der Waals surface area contributed by atoms with Crippen LogP contribution in [0.2, 0.25) is 5.02 Å². The van der Waals surface area contributed by atoms with Crippen LogP contribution in [-0.2, 0) is 0 Å². The summed E-state index contributed by atoms with van der Waals surface area (Å²) in [6.45, 7) is 4.85. The molecule has 168 valence electrons. The third-order valence-corrected chi connectivity index (χ3v) is 6.45. The van der Waals surface area contributed by atoms with Gasteiger partial charge in [0.05, 0.1) is 23.6 Å². The topological polar surface area (TPSA) is 85.5 Å². The number of nitrogens with zero attached hydrogens (tertiary/aromatic N) is 3. The molecule has 0 aliphatic carbocycles. The molecule has 0 bridgehead atoms. The van der Waals surface area contributed by atoms with E-state index in [4.69, 9.17) is 20.8 Å². The largest absolute Gasteiger partial charge is 0.494 e. The van der Waals surface area contributed by atoms with E-state index in [1.54, 1.807) is 23.7 Å². The zero-order chi connectivity index (χ0) is 23.1. The van der Waals surface area contributed by atoms with Crippen molar-refractivity contribution < 1.29 is 13.9 Å². The molecule has 5 rings (SSSR count). The molecule has 1 amide bonds. The Hall–Kier alpha value is -3.23. The van der Waals surface area contributed by atoms with Gasteiger partial charge in [-0.25, -0.2) is 0 Å². The predicted molar refractivity (Wildman–Crippen MR) is 127 cm³/mol. The normalized spacial score (nSPS) is 15.5. The summed E-state index contributed by atoms with van der Waals surface area (Å²) in [6, 6.07) is 11.5. The van der Waals surface area contributed by atoms with Gasteiger partial charge in [-0.1, -0.05) is 48.9 Å². The molecule has 0 N–H and O–H groups in total. The van der Waals surface area contributed by atoms with Crippen molar-refractivity contribution in [2.24, 2.45) is 5.92 Å². The molecule has 2 aromatic carbocycles. The first-order valence-electron chi connectivity index (χ1n) is 10.5. The second-order valence-corrected chi connectivity index (χ2v) is 9.47. The Kier molecular flexibility index (Phi) is 5.64. The average molecular weight is 482 g/mol. The van der Waals surface area contributed by atoms with E-state index in [0.717, 1.165) is 6.42 Å². The van der Waals surface area contributed by atoms with E-state index in [2.05, 4.69) is 24.0 Å². The van der Waals surface area contributed by atoms with Crippen LogP contribution in [0.5, 0.6) is 5.75 Å². The van der Waals surface area contributed by atoms with E-state index in [-0.39, 0.29) is 16.8 Å². The quantitative estimate of drug-likeness (QED) is 0.363. The zero-order valence-corrected chi connectivity index (χ0v) is 19.5. The van der Waals surface area contributed by atoms with E-state index in [1.807, 2.05) is 24.3 Å². The molecule has 1 atom stereocenters. The number of aromatic nitrogens is 2. The van der Waals surface area contributed by atoms with Crippen molar-refractivity contribution in [1.82, 2.24) is 10.2 Å². The fourth-order valence-corrected chi connectivity index (χ4v) is 4.67. The van der Waals surface area contributed by atoms with Crippen LogP contribution in [0, 0.1) is 5.92 Å². The summed E-state index contributed by atoms with van der Waals surface area (Å²) in [7, 11) is 0. The first kappa shape index (κ1) is 21.6. The van der Waals surface area contributed by atoms with Gasteiger partial charge in [0.15, 0.2) is 5.43 Å². The number of anilines is 1. The molecule has 0 saturated carbocycles. The highest BCUT2D eigenvalue weighted by atomic mass is 35.5. The van der Waals surface area contributed by atoms with Crippen LogP contribution in [0.15, 0.2) is 57.2 Å². The number of hydrogen-bond acceptors (Lipinski definition) is 7. The summed E-state index contributed by atoms with van der Waals surface area (Å²) < 4.78 is 11.9. The second-order valence-electron chi connectivity index (χ2n) is 8.22. The molecular weight excluding hydrogens is 462 g/mol. The standard InChI is InChI=1S/C24H20ClN3O4S/c1-13(2)8-9-31-16-5-3-4-14(10-16)20-19-21(29)17-11-15(25)6-7-18(17)32-22(19)23(30)28(20)24-27-26-12-33-24/h3-7,10-13,20H,8-9H2,1-2H3. The number of carbonyl (C=O) groups excluding carboxylic acids is 1. The lowest BCUT2D eigenvalue weighted by Crippen LogP contribution is -2.29. The number of benzene rings is 2. The Morgan fingerprint density at radius 1 is 1.21 bits per heavy atom. The lowest BCUT2D eigenvalue weighted by molar-refractivity contribution is 0.0970. The Morgan fingerprint density at radius 3 is 2.82 bits per heavy atom. The van der Waals surface area contributed by atoms with Crippen LogP contribution < -0.4 is 15.1 Å². The average Bonchev–Trinajstić information content (AvgIpc) is 3.41. The number of halogens is 1. The SMILES string of the molecule is CC(C)CCOc1cccc(C2c3c(oc4ccc(Cl)cc4c3=O)C(=O)N2c2nncs2)c1. The maximum absolute atomic E-state index is 13.6. The summed E-state index contributed by atoms with van der Waals surface area (Å²) in [5.74, 6) is 0.748. The Bertz CT molecular complexity index is 1400. The molecule has 2 aromatic heterocycles. The summed E-state index contributed by atoms with van der Waals surface area (Å²) >= 11 is 7.35. The van der Waals surface area contributed by atoms with E-state index in [9.17, 15) is 9.59 Å². The lowest BCUT2D eigenvalue weighted by Gasteiger charge is -2.22. The van der Waals surface area contributed by atoms with Crippen molar-refractivity contribution in [2.45, 2.75) is 26.3 Å². The fraction of sp³-hybridized carbons (Fsp3) is 0.250. The van der Waals surface area contributed by atoms with Gasteiger partial charge in [0.25, 0.3) is 5.91 Å². The third-order valence-electron chi connectivity index (χ3n) is 5.52. The lowest BCUT2D eigenvalue weighted by atomic mass is 9.98. The molecule has 0 radical (unpaired) electrons. The maximum atomic E-state index is 13.6. The third kappa shape index (κ3) is 3.89. The van der Waals surface area contributed by atoms with Crippen molar-refractivity contribution >= 4 is 44.9 Å². The van der Waals surface area contributed by atoms with Crippen LogP contribution in [0.4, 0.5) is 5.13 Å². The molecule has 1 unspecified atom stereocenters. The Balaban J connectivity index is 1.67. The van der Waals surface area contributed by atoms with Crippen molar-refractivity contribution in [2.75, 3.05) is 11.5 Å². The Labute approximate surface area is 198 Å². The maximum Gasteiger partial charge on any atom is 0.297 e. The number of fused-ring (bicyclic) bond motifs is 2. The summed E-state index contributed by atoms with van der Waals surface area (Å²) in [6.07, 6.45) is 0.919. The van der Waals surface area contributed by atoms with Crippen LogP contribution in [0.3, 0.4) is 0 Å². The van der Waals surface area contributed by atoms with Gasteiger partial charge < -0.3 is 9.15 Å². The van der Waals surface area contributed by atoms with Gasteiger partial charge >= 0.3 is 0 Å². The molecule has 4 aromatic rings. The molecule has 9 heteroatoms. The van der Waals surface area contributed by atoms with Gasteiger partial charge in [-0.3, -0.25) is 14.5 Å². The molecular formula is C24H20ClN3O4S. The van der Waals surface area contributed by atoms with E-state index < -0.39 is 11.9 Å². The molecule has 7 nitrogen and oxygen atoms in total. The number of amides is 1. The number of carbonyl (C=O) groups is 1. The number of ether oxygens (including phenoxy) is 1. The Morgan fingerprint density at radius 2 is 2.06 bits per heavy atom. The molecule has 0 saturated heterocycles. The van der Waals surface area contributed by atoms with Crippen molar-refractivity contribution in [1.29, 1.82) is 0 Å². The van der Waals surface area contributed by atoms with E-state index in [0.29, 0.717) is 45.0 Å². The number of hydrogen-bond donors (Lipinski definition) is 0. The smallest absolute Gasteiger partial charge is 0.297 e. The van der Waals surface area contributed by atoms with Gasteiger partial charge in [-0.15, -0.1) is 10.2 Å². The van der Waals surface area contributed by atoms with Gasteiger partial charge in [-0.05, 0) is 48.2 Å². The van der Waals surface area contributed by atoms with Gasteiger partial charge in [0, 0.05) is 5.02 Å². The highest BCUT2D eigenvalue weighted by Crippen LogP contribution is 2.42. The van der Waals surface area contributed by atoms with Crippen LogP contribution in [0.25, 0.3) is 11.0 Å². The minimum absolute atomic E-state index is 0.00107. The summed E-state index contributed by atoms with van der Waals surface area (Å²) in [5.41, 5.74) is 2.52. The van der Waals surface area contributed by atoms with E-state index in [1.165, 1.54) is 16.2 Å². The zero-order valence-electron chi connectivity index (χ0n) is 17.9. The highest BCUT2D eigenvalue weighted by molar-refractivity contribution is 7.13. The first-order chi connectivity index (χ1) is 15.9. The van der Waals surface area contributed by atoms with Crippen LogP contribution in [0.1, 0.15) is 48.0 Å². The van der Waals surface area contributed by atoms with Gasteiger partial charge in [0.1, 0.15) is 16.8 Å². The molecule has 0 spiro atoms. The first-order valence-corrected chi connectivity index (χ1v) is 11.8. The summed E-state index contributed by atoms with van der Waals surface area (Å²) in [4.78, 5) is 28.5. The molecule has 3 heterocycles. The fourth-order valence-electron chi connectivity index (χ4n) is 3.92. The van der Waals surface area contributed by atoms with Crippen molar-refractivity contribution in [3.63, 3.8) is 0 Å². The molecule has 1 aliphatic rings. The minimum Gasteiger partial charge on any atom is -0.494 e. The predicted octanol–water partition coefficient (Wildman–Crippen LogP) is 5.47. The number of rotatable bonds is 6. The van der Waals surface area contributed by atoms with Gasteiger partial charge in [-0.2, -0.15) is 0 Å². The molecule has 33 heavy (non-hydrogen) atoms. The minimum atomic E-state index is -0.728. The molecule has 1 aliphatic heterocycles. The molecule has 0 fully saturated rings. The van der Waals surface area contributed by atoms with Crippen molar-refractivity contribution in [3.05, 3.63) is 80.1 Å². The van der Waals surface area contributed by atoms with Crippen molar-refractivity contribution in [3.8, 4) is 5.75 Å². The summed E-state index contributed by atoms with van der Waals surface area (Å²) in [5, 5.41) is 9.08. The van der Waals surface area contributed by atoms with E-state index >= 15 is 0 Å².